The predicted octanol–water partition coefficient (Wildman–Crippen LogP) is 7.85. The number of carbonyl (C=O) groups excluding carboxylic acids is 1. The number of hydrogen-bond donors (Lipinski definition) is 1. The molecular formula is C32H32F5N3O. The molecule has 0 fully saturated rings. The molecule has 0 radical (unpaired) electrons. The summed E-state index contributed by atoms with van der Waals surface area (Å²) in [7, 11) is 3.86. The fourth-order valence-electron chi connectivity index (χ4n) is 6.38. The summed E-state index contributed by atoms with van der Waals surface area (Å²) >= 11 is 0. The van der Waals surface area contributed by atoms with Gasteiger partial charge in [0.05, 0.1) is 11.6 Å². The topological polar surface area (TPSA) is 39.3 Å². The maximum Gasteiger partial charge on any atom is 0.416 e. The molecule has 9 heteroatoms. The number of fused-ring (bicyclic) bond motifs is 3. The Hall–Kier alpha value is -3.72. The highest BCUT2D eigenvalue weighted by Gasteiger charge is 2.39. The van der Waals surface area contributed by atoms with Gasteiger partial charge in [0.15, 0.2) is 0 Å². The smallest absolute Gasteiger partial charge is 0.356 e. The molecule has 2 atom stereocenters. The minimum atomic E-state index is -4.79. The molecular weight excluding hydrogens is 537 g/mol. The number of aromatic amines is 1. The minimum absolute atomic E-state index is 0.261. The number of nitrogens with zero attached hydrogens (tertiary/aromatic N) is 2. The van der Waals surface area contributed by atoms with Crippen molar-refractivity contribution in [2.24, 2.45) is 0 Å². The summed E-state index contributed by atoms with van der Waals surface area (Å²) in [6.45, 7) is 2.28. The van der Waals surface area contributed by atoms with E-state index < -0.39 is 35.0 Å². The van der Waals surface area contributed by atoms with E-state index in [0.717, 1.165) is 33.8 Å². The Bertz CT molecular complexity index is 1580. The van der Waals surface area contributed by atoms with Crippen LogP contribution in [0.3, 0.4) is 0 Å². The fraction of sp³-hybridized carbons (Fsp3) is 0.344. The molecule has 0 spiro atoms. The summed E-state index contributed by atoms with van der Waals surface area (Å²) in [5.41, 5.74) is 1.47. The van der Waals surface area contributed by atoms with Gasteiger partial charge in [-0.05, 0) is 87.3 Å². The van der Waals surface area contributed by atoms with Gasteiger partial charge < -0.3 is 9.88 Å². The second kappa shape index (κ2) is 10.9. The second-order valence-corrected chi connectivity index (χ2v) is 10.9. The summed E-state index contributed by atoms with van der Waals surface area (Å²) in [6, 6.07) is 15.7. The fourth-order valence-corrected chi connectivity index (χ4v) is 6.38. The molecule has 2 heterocycles. The number of nitrogens with one attached hydrogen (secondary N) is 1. The van der Waals surface area contributed by atoms with Crippen LogP contribution >= 0.6 is 0 Å². The standard InChI is InChI=1S/C32H32F5N3O/c1-4-31(39(2)3,21-8-7-9-23(33)18-21)14-12-28-29-26(25-10-5-6-11-27(25)38-29)13-15-40(28)30(41)20-16-22(32(35,36)37)19-24(34)17-20/h5-11,16-19,28,38H,4,12-15H2,1-3H3. The van der Waals surface area contributed by atoms with Crippen LogP contribution in [0.4, 0.5) is 22.0 Å². The van der Waals surface area contributed by atoms with E-state index in [1.807, 2.05) is 56.3 Å². The average Bonchev–Trinajstić information content (AvgIpc) is 3.31. The Balaban J connectivity index is 1.58. The first-order valence-electron chi connectivity index (χ1n) is 13.7. The van der Waals surface area contributed by atoms with E-state index in [0.29, 0.717) is 37.8 Å². The Morgan fingerprint density at radius 1 is 0.976 bits per heavy atom. The van der Waals surface area contributed by atoms with Gasteiger partial charge in [-0.15, -0.1) is 0 Å². The van der Waals surface area contributed by atoms with E-state index in [9.17, 15) is 26.7 Å². The van der Waals surface area contributed by atoms with Gasteiger partial charge in [-0.25, -0.2) is 8.78 Å². The van der Waals surface area contributed by atoms with E-state index >= 15 is 0 Å². The number of amides is 1. The lowest BCUT2D eigenvalue weighted by atomic mass is 9.79. The number of halogens is 5. The third-order valence-electron chi connectivity index (χ3n) is 8.53. The van der Waals surface area contributed by atoms with Crippen molar-refractivity contribution in [2.45, 2.75) is 50.4 Å². The highest BCUT2D eigenvalue weighted by atomic mass is 19.4. The number of aromatic nitrogens is 1. The maximum absolute atomic E-state index is 14.3. The monoisotopic (exact) mass is 569 g/mol. The molecule has 1 amide bonds. The van der Waals surface area contributed by atoms with Crippen molar-refractivity contribution in [3.05, 3.63) is 106 Å². The van der Waals surface area contributed by atoms with E-state index in [2.05, 4.69) is 4.98 Å². The van der Waals surface area contributed by atoms with Crippen LogP contribution in [0.1, 0.15) is 65.0 Å². The highest BCUT2D eigenvalue weighted by Crippen LogP contribution is 2.43. The van der Waals surface area contributed by atoms with Gasteiger partial charge in [0.2, 0.25) is 0 Å². The van der Waals surface area contributed by atoms with E-state index in [1.165, 1.54) is 12.1 Å². The zero-order valence-electron chi connectivity index (χ0n) is 23.2. The van der Waals surface area contributed by atoms with Gasteiger partial charge in [0, 0.05) is 34.2 Å². The van der Waals surface area contributed by atoms with Crippen LogP contribution in [0.15, 0.2) is 66.7 Å². The molecule has 1 aliphatic heterocycles. The SMILES string of the molecule is CCC(CCC1c2[nH]c3ccccc3c2CCN1C(=O)c1cc(F)cc(C(F)(F)F)c1)(c1cccc(F)c1)N(C)C. The van der Waals surface area contributed by atoms with Crippen LogP contribution in [0.5, 0.6) is 0 Å². The Labute approximate surface area is 235 Å². The van der Waals surface area contributed by atoms with Crippen molar-refractivity contribution in [3.63, 3.8) is 0 Å². The summed E-state index contributed by atoms with van der Waals surface area (Å²) in [6.07, 6.45) is -2.67. The summed E-state index contributed by atoms with van der Waals surface area (Å²) in [5, 5.41) is 1.03. The quantitative estimate of drug-likeness (QED) is 0.230. The molecule has 1 aromatic heterocycles. The third kappa shape index (κ3) is 5.35. The van der Waals surface area contributed by atoms with Gasteiger partial charge in [0.1, 0.15) is 11.6 Å². The Morgan fingerprint density at radius 2 is 1.71 bits per heavy atom. The number of benzene rings is 3. The van der Waals surface area contributed by atoms with Crippen molar-refractivity contribution in [3.8, 4) is 0 Å². The highest BCUT2D eigenvalue weighted by molar-refractivity contribution is 5.95. The number of alkyl halides is 3. The molecule has 4 aromatic rings. The largest absolute Gasteiger partial charge is 0.416 e. The number of H-pyrrole nitrogens is 1. The van der Waals surface area contributed by atoms with Crippen LogP contribution in [-0.4, -0.2) is 41.3 Å². The lowest BCUT2D eigenvalue weighted by molar-refractivity contribution is -0.137. The third-order valence-corrected chi connectivity index (χ3v) is 8.53. The maximum atomic E-state index is 14.3. The predicted molar refractivity (Wildman–Crippen MR) is 148 cm³/mol. The number of hydrogen-bond acceptors (Lipinski definition) is 2. The number of carbonyl (C=O) groups is 1. The van der Waals surface area contributed by atoms with Gasteiger partial charge >= 0.3 is 6.18 Å². The number of para-hydroxylation sites is 1. The van der Waals surface area contributed by atoms with Crippen LogP contribution in [0, 0.1) is 11.6 Å². The molecule has 1 N–H and O–H groups in total. The van der Waals surface area contributed by atoms with Crippen LogP contribution < -0.4 is 0 Å². The van der Waals surface area contributed by atoms with E-state index in [4.69, 9.17) is 0 Å². The summed E-state index contributed by atoms with van der Waals surface area (Å²) < 4.78 is 69.1. The molecule has 2 unspecified atom stereocenters. The molecule has 0 bridgehead atoms. The normalized spacial score (nSPS) is 17.1. The Morgan fingerprint density at radius 3 is 2.39 bits per heavy atom. The lowest BCUT2D eigenvalue weighted by Crippen LogP contribution is -2.44. The zero-order valence-corrected chi connectivity index (χ0v) is 23.2. The summed E-state index contributed by atoms with van der Waals surface area (Å²) in [5.74, 6) is -2.13. The molecule has 0 saturated heterocycles. The summed E-state index contributed by atoms with van der Waals surface area (Å²) in [4.78, 5) is 20.9. The molecule has 0 aliphatic carbocycles. The van der Waals surface area contributed by atoms with Crippen LogP contribution in [0.25, 0.3) is 10.9 Å². The molecule has 4 nitrogen and oxygen atoms in total. The van der Waals surface area contributed by atoms with Gasteiger partial charge in [-0.3, -0.25) is 9.69 Å². The van der Waals surface area contributed by atoms with E-state index in [-0.39, 0.29) is 17.9 Å². The van der Waals surface area contributed by atoms with Crippen molar-refractivity contribution in [1.82, 2.24) is 14.8 Å². The van der Waals surface area contributed by atoms with Gasteiger partial charge in [-0.1, -0.05) is 37.3 Å². The van der Waals surface area contributed by atoms with Crippen LogP contribution in [-0.2, 0) is 18.1 Å². The first-order valence-corrected chi connectivity index (χ1v) is 13.7. The van der Waals surface area contributed by atoms with Crippen LogP contribution in [0.2, 0.25) is 0 Å². The zero-order chi connectivity index (χ0) is 29.5. The minimum Gasteiger partial charge on any atom is -0.356 e. The van der Waals surface area contributed by atoms with Crippen molar-refractivity contribution >= 4 is 16.8 Å². The van der Waals surface area contributed by atoms with Crippen molar-refractivity contribution in [2.75, 3.05) is 20.6 Å². The lowest BCUT2D eigenvalue weighted by Gasteiger charge is -2.43. The number of rotatable bonds is 7. The molecule has 0 saturated carbocycles. The van der Waals surface area contributed by atoms with Crippen molar-refractivity contribution < 1.29 is 26.7 Å². The second-order valence-electron chi connectivity index (χ2n) is 10.9. The first kappa shape index (κ1) is 28.8. The molecule has 1 aliphatic rings. The molecule has 41 heavy (non-hydrogen) atoms. The Kier molecular flexibility index (Phi) is 7.68. The van der Waals surface area contributed by atoms with Gasteiger partial charge in [0.25, 0.3) is 5.91 Å². The van der Waals surface area contributed by atoms with E-state index in [1.54, 1.807) is 11.0 Å². The van der Waals surface area contributed by atoms with Crippen molar-refractivity contribution in [1.29, 1.82) is 0 Å². The molecule has 216 valence electrons. The molecule has 3 aromatic carbocycles. The molecule has 5 rings (SSSR count). The average molecular weight is 570 g/mol. The first-order chi connectivity index (χ1) is 19.4. The van der Waals surface area contributed by atoms with Gasteiger partial charge in [-0.2, -0.15) is 13.2 Å².